The van der Waals surface area contributed by atoms with E-state index in [9.17, 15) is 14.3 Å². The van der Waals surface area contributed by atoms with Gasteiger partial charge in [0.2, 0.25) is 0 Å². The molecule has 8 nitrogen and oxygen atoms in total. The smallest absolute Gasteiger partial charge is 0.326 e. The zero-order chi connectivity index (χ0) is 20.4. The predicted molar refractivity (Wildman–Crippen MR) is 104 cm³/mol. The van der Waals surface area contributed by atoms with E-state index in [1.54, 1.807) is 30.7 Å². The lowest BCUT2D eigenvalue weighted by Crippen LogP contribution is -2.36. The van der Waals surface area contributed by atoms with E-state index in [-0.39, 0.29) is 19.2 Å². The number of anilines is 1. The molecule has 1 fully saturated rings. The van der Waals surface area contributed by atoms with Gasteiger partial charge in [0.15, 0.2) is 0 Å². The highest BCUT2D eigenvalue weighted by molar-refractivity contribution is 5.93. The minimum atomic E-state index is -0.445. The van der Waals surface area contributed by atoms with Crippen molar-refractivity contribution in [2.75, 3.05) is 25.2 Å². The number of hydrogen-bond donors (Lipinski definition) is 2. The van der Waals surface area contributed by atoms with Gasteiger partial charge in [0.05, 0.1) is 32.5 Å². The third-order valence-corrected chi connectivity index (χ3v) is 4.90. The van der Waals surface area contributed by atoms with E-state index in [0.29, 0.717) is 23.7 Å². The van der Waals surface area contributed by atoms with Crippen molar-refractivity contribution in [2.24, 2.45) is 0 Å². The lowest BCUT2D eigenvalue weighted by Gasteiger charge is -2.22. The molecule has 0 unspecified atom stereocenters. The number of aliphatic hydroxyl groups excluding tert-OH is 1. The summed E-state index contributed by atoms with van der Waals surface area (Å²) in [7, 11) is 1.46. The first-order valence-electron chi connectivity index (χ1n) is 9.06. The number of carbonyl (C=O) groups is 1. The molecule has 0 bridgehead atoms. The van der Waals surface area contributed by atoms with E-state index in [1.807, 2.05) is 6.07 Å². The summed E-state index contributed by atoms with van der Waals surface area (Å²) in [6, 6.07) is 7.19. The van der Waals surface area contributed by atoms with Gasteiger partial charge in [-0.25, -0.2) is 14.2 Å². The molecule has 3 aromatic rings. The number of halogens is 1. The standard InChI is InChI=1S/C20H20FN5O3/c1-29-18-5-13(4-16(21)6-18)10-25-17(12-27)11-26(20(25)28)19-3-2-14(7-22-19)15-8-23-24-9-15/h2-9,17,27H,10-12H2,1H3,(H,23,24)/t17-/m0/s1. The van der Waals surface area contributed by atoms with Crippen molar-refractivity contribution in [3.63, 3.8) is 0 Å². The first-order chi connectivity index (χ1) is 14.1. The van der Waals surface area contributed by atoms with Crippen LogP contribution in [-0.4, -0.2) is 57.5 Å². The second-order valence-electron chi connectivity index (χ2n) is 6.75. The van der Waals surface area contributed by atoms with Crippen molar-refractivity contribution in [1.29, 1.82) is 0 Å². The van der Waals surface area contributed by atoms with Crippen LogP contribution in [0.15, 0.2) is 48.9 Å². The molecule has 2 N–H and O–H groups in total. The minimum Gasteiger partial charge on any atom is -0.497 e. The average molecular weight is 397 g/mol. The van der Waals surface area contributed by atoms with Gasteiger partial charge in [0.25, 0.3) is 0 Å². The topological polar surface area (TPSA) is 94.6 Å². The molecule has 1 aliphatic rings. The number of nitrogens with one attached hydrogen (secondary N) is 1. The molecule has 0 aliphatic carbocycles. The summed E-state index contributed by atoms with van der Waals surface area (Å²) < 4.78 is 18.9. The number of aliphatic hydroxyl groups is 1. The predicted octanol–water partition coefficient (Wildman–Crippen LogP) is 2.42. The summed E-state index contributed by atoms with van der Waals surface area (Å²) in [4.78, 5) is 20.4. The maximum atomic E-state index is 13.8. The van der Waals surface area contributed by atoms with Crippen LogP contribution in [-0.2, 0) is 6.54 Å². The number of urea groups is 1. The Morgan fingerprint density at radius 3 is 2.79 bits per heavy atom. The van der Waals surface area contributed by atoms with Gasteiger partial charge in [0, 0.05) is 36.1 Å². The Balaban J connectivity index is 1.55. The van der Waals surface area contributed by atoms with E-state index in [0.717, 1.165) is 11.1 Å². The molecule has 3 heterocycles. The molecule has 2 amide bonds. The highest BCUT2D eigenvalue weighted by Crippen LogP contribution is 2.27. The highest BCUT2D eigenvalue weighted by Gasteiger charge is 2.38. The number of hydrogen-bond acceptors (Lipinski definition) is 5. The monoisotopic (exact) mass is 397 g/mol. The Labute approximate surface area is 166 Å². The largest absolute Gasteiger partial charge is 0.497 e. The second kappa shape index (κ2) is 7.88. The average Bonchev–Trinajstić information content (AvgIpc) is 3.37. The minimum absolute atomic E-state index is 0.155. The van der Waals surface area contributed by atoms with Gasteiger partial charge in [-0.15, -0.1) is 0 Å². The van der Waals surface area contributed by atoms with Crippen LogP contribution in [0, 0.1) is 5.82 Å². The van der Waals surface area contributed by atoms with E-state index < -0.39 is 11.9 Å². The fourth-order valence-electron chi connectivity index (χ4n) is 3.39. The quantitative estimate of drug-likeness (QED) is 0.666. The molecule has 1 aromatic carbocycles. The summed E-state index contributed by atoms with van der Waals surface area (Å²) in [6.07, 6.45) is 5.12. The second-order valence-corrected chi connectivity index (χ2v) is 6.75. The van der Waals surface area contributed by atoms with Crippen molar-refractivity contribution < 1.29 is 19.0 Å². The van der Waals surface area contributed by atoms with Gasteiger partial charge in [-0.2, -0.15) is 5.10 Å². The van der Waals surface area contributed by atoms with Gasteiger partial charge in [-0.05, 0) is 29.8 Å². The first kappa shape index (κ1) is 18.9. The number of H-pyrrole nitrogens is 1. The maximum Gasteiger partial charge on any atom is 0.326 e. The van der Waals surface area contributed by atoms with Gasteiger partial charge < -0.3 is 14.7 Å². The number of rotatable bonds is 6. The van der Waals surface area contributed by atoms with Gasteiger partial charge in [-0.3, -0.25) is 10.00 Å². The van der Waals surface area contributed by atoms with Gasteiger partial charge in [-0.1, -0.05) is 0 Å². The number of amides is 2. The van der Waals surface area contributed by atoms with Crippen molar-refractivity contribution in [3.8, 4) is 16.9 Å². The number of ether oxygens (including phenoxy) is 1. The number of carbonyl (C=O) groups excluding carboxylic acids is 1. The zero-order valence-corrected chi connectivity index (χ0v) is 15.7. The molecule has 0 saturated carbocycles. The molecule has 0 spiro atoms. The SMILES string of the molecule is COc1cc(F)cc(CN2C(=O)N(c3ccc(-c4cn[nH]c4)cn3)C[C@H]2CO)c1. The summed E-state index contributed by atoms with van der Waals surface area (Å²) >= 11 is 0. The molecule has 0 radical (unpaired) electrons. The molecule has 1 aliphatic heterocycles. The Hall–Kier alpha value is -3.46. The summed E-state index contributed by atoms with van der Waals surface area (Å²) in [5.74, 6) is 0.417. The van der Waals surface area contributed by atoms with Crippen molar-refractivity contribution in [1.82, 2.24) is 20.1 Å². The lowest BCUT2D eigenvalue weighted by atomic mass is 10.1. The van der Waals surface area contributed by atoms with Crippen molar-refractivity contribution >= 4 is 11.8 Å². The van der Waals surface area contributed by atoms with Crippen LogP contribution in [0.4, 0.5) is 15.0 Å². The Bertz CT molecular complexity index is 994. The van der Waals surface area contributed by atoms with E-state index in [4.69, 9.17) is 4.74 Å². The van der Waals surface area contributed by atoms with Gasteiger partial charge in [0.1, 0.15) is 17.4 Å². The highest BCUT2D eigenvalue weighted by atomic mass is 19.1. The molecule has 2 aromatic heterocycles. The molecule has 29 heavy (non-hydrogen) atoms. The Kier molecular flexibility index (Phi) is 5.13. The first-order valence-corrected chi connectivity index (χ1v) is 9.06. The summed E-state index contributed by atoms with van der Waals surface area (Å²) in [5.41, 5.74) is 2.35. The molecule has 150 valence electrons. The maximum absolute atomic E-state index is 13.8. The number of benzene rings is 1. The normalized spacial score (nSPS) is 16.5. The van der Waals surface area contributed by atoms with Crippen LogP contribution >= 0.6 is 0 Å². The van der Waals surface area contributed by atoms with Crippen LogP contribution in [0.25, 0.3) is 11.1 Å². The number of pyridine rings is 1. The summed E-state index contributed by atoms with van der Waals surface area (Å²) in [5, 5.41) is 16.4. The van der Waals surface area contributed by atoms with Crippen molar-refractivity contribution in [2.45, 2.75) is 12.6 Å². The number of aromatic amines is 1. The van der Waals surface area contributed by atoms with E-state index in [2.05, 4.69) is 15.2 Å². The number of methoxy groups -OCH3 is 1. The number of aromatic nitrogens is 3. The van der Waals surface area contributed by atoms with E-state index in [1.165, 1.54) is 29.0 Å². The van der Waals surface area contributed by atoms with Crippen LogP contribution in [0.2, 0.25) is 0 Å². The Morgan fingerprint density at radius 2 is 2.14 bits per heavy atom. The molecule has 1 saturated heterocycles. The lowest BCUT2D eigenvalue weighted by molar-refractivity contribution is 0.161. The van der Waals surface area contributed by atoms with Crippen LogP contribution in [0.1, 0.15) is 5.56 Å². The zero-order valence-electron chi connectivity index (χ0n) is 15.7. The summed E-state index contributed by atoms with van der Waals surface area (Å²) in [6.45, 7) is 0.240. The molecular formula is C20H20FN5O3. The van der Waals surface area contributed by atoms with Crippen LogP contribution in [0.3, 0.4) is 0 Å². The molecule has 9 heteroatoms. The van der Waals surface area contributed by atoms with Gasteiger partial charge >= 0.3 is 6.03 Å². The fourth-order valence-corrected chi connectivity index (χ4v) is 3.39. The third kappa shape index (κ3) is 3.77. The fraction of sp³-hybridized carbons (Fsp3) is 0.250. The number of nitrogens with zero attached hydrogens (tertiary/aromatic N) is 4. The Morgan fingerprint density at radius 1 is 1.28 bits per heavy atom. The van der Waals surface area contributed by atoms with Crippen molar-refractivity contribution in [3.05, 3.63) is 60.3 Å². The molecule has 1 atom stereocenters. The van der Waals surface area contributed by atoms with Crippen LogP contribution in [0.5, 0.6) is 5.75 Å². The molecule has 4 rings (SSSR count). The van der Waals surface area contributed by atoms with E-state index >= 15 is 0 Å². The molecular weight excluding hydrogens is 377 g/mol. The van der Waals surface area contributed by atoms with Crippen LogP contribution < -0.4 is 9.64 Å². The third-order valence-electron chi connectivity index (χ3n) is 4.90.